The fourth-order valence-corrected chi connectivity index (χ4v) is 5.98. The van der Waals surface area contributed by atoms with Gasteiger partial charge in [0.15, 0.2) is 0 Å². The standard InChI is InChI=1S/C30H37N2S.CH4O/c1-23-14-18-26(19-15-23)32(28-12-7-9-24(28)2)27-20-16-25(17-21-27)10-8-22-33-30-13-6-5-11-29(30)31(3)4;1-2/h5-6,8,10-11,13-20,24,27-28H,3,7,9,12,21-22H2,1-2,4H3;2H,1H3/q+1;/b10-8+;. The molecular weight excluding hydrogens is 448 g/mol. The van der Waals surface area contributed by atoms with E-state index >= 15 is 0 Å². The summed E-state index contributed by atoms with van der Waals surface area (Å²) in [4.78, 5) is 3.97. The van der Waals surface area contributed by atoms with E-state index in [1.54, 1.807) is 0 Å². The molecule has 3 nitrogen and oxygen atoms in total. The molecule has 0 radical (unpaired) electrons. The Bertz CT molecular complexity index is 1050. The van der Waals surface area contributed by atoms with E-state index in [0.717, 1.165) is 25.2 Å². The summed E-state index contributed by atoms with van der Waals surface area (Å²) in [5.41, 5.74) is 5.18. The number of para-hydroxylation sites is 1. The van der Waals surface area contributed by atoms with E-state index in [9.17, 15) is 0 Å². The van der Waals surface area contributed by atoms with Crippen LogP contribution in [-0.4, -0.2) is 48.4 Å². The first kappa shape index (κ1) is 27.0. The first-order chi connectivity index (χ1) is 17.0. The average Bonchev–Trinajstić information content (AvgIpc) is 3.30. The zero-order valence-corrected chi connectivity index (χ0v) is 22.5. The van der Waals surface area contributed by atoms with E-state index in [2.05, 4.69) is 104 Å². The molecular formula is C31H41N2OS+. The monoisotopic (exact) mass is 489 g/mol. The van der Waals surface area contributed by atoms with Gasteiger partial charge in [-0.25, -0.2) is 4.58 Å². The summed E-state index contributed by atoms with van der Waals surface area (Å²) in [6.07, 6.45) is 16.7. The molecule has 2 aromatic carbocycles. The Morgan fingerprint density at radius 2 is 1.86 bits per heavy atom. The Morgan fingerprint density at radius 1 is 1.11 bits per heavy atom. The van der Waals surface area contributed by atoms with Crippen LogP contribution in [0.25, 0.3) is 0 Å². The van der Waals surface area contributed by atoms with Gasteiger partial charge in [-0.3, -0.25) is 0 Å². The van der Waals surface area contributed by atoms with Crippen LogP contribution in [0.15, 0.2) is 89.4 Å². The van der Waals surface area contributed by atoms with Gasteiger partial charge in [-0.1, -0.05) is 73.6 Å². The number of hydrogen-bond donors (Lipinski definition) is 1. The molecule has 0 saturated heterocycles. The van der Waals surface area contributed by atoms with Crippen molar-refractivity contribution in [2.24, 2.45) is 5.92 Å². The molecule has 1 N–H and O–H groups in total. The Hall–Kier alpha value is -2.56. The summed E-state index contributed by atoms with van der Waals surface area (Å²) in [6.45, 7) is 8.63. The van der Waals surface area contributed by atoms with Gasteiger partial charge in [-0.05, 0) is 55.9 Å². The zero-order chi connectivity index (χ0) is 25.2. The molecule has 2 aromatic rings. The fourth-order valence-electron chi connectivity index (χ4n) is 5.06. The average molecular weight is 490 g/mol. The lowest BCUT2D eigenvalue weighted by Gasteiger charge is -2.40. The van der Waals surface area contributed by atoms with Crippen molar-refractivity contribution in [3.63, 3.8) is 0 Å². The molecule has 0 bridgehead atoms. The smallest absolute Gasteiger partial charge is 0.218 e. The molecule has 0 aliphatic heterocycles. The molecule has 1 fully saturated rings. The first-order valence-electron chi connectivity index (χ1n) is 12.6. The third kappa shape index (κ3) is 7.22. The molecule has 186 valence electrons. The molecule has 0 aromatic heterocycles. The molecule has 3 atom stereocenters. The number of rotatable bonds is 8. The summed E-state index contributed by atoms with van der Waals surface area (Å²) in [6, 6.07) is 18.6. The summed E-state index contributed by atoms with van der Waals surface area (Å²) in [7, 11) is 3.00. The molecule has 3 unspecified atom stereocenters. The third-order valence-corrected chi connectivity index (χ3v) is 7.91. The van der Waals surface area contributed by atoms with E-state index in [-0.39, 0.29) is 0 Å². The highest BCUT2D eigenvalue weighted by atomic mass is 32.2. The number of aliphatic hydroxyl groups excluding tert-OH is 1. The molecule has 2 aliphatic rings. The lowest BCUT2D eigenvalue weighted by atomic mass is 9.95. The predicted molar refractivity (Wildman–Crippen MR) is 154 cm³/mol. The highest BCUT2D eigenvalue weighted by Gasteiger charge is 2.32. The maximum absolute atomic E-state index is 7.00. The normalized spacial score (nSPS) is 21.4. The van der Waals surface area contributed by atoms with E-state index in [1.807, 2.05) is 23.4 Å². The van der Waals surface area contributed by atoms with E-state index < -0.39 is 0 Å². The van der Waals surface area contributed by atoms with Crippen LogP contribution in [0.4, 0.5) is 11.4 Å². The quantitative estimate of drug-likeness (QED) is 0.242. The Labute approximate surface area is 216 Å². The number of allylic oxidation sites excluding steroid dienone is 3. The van der Waals surface area contributed by atoms with Crippen LogP contribution in [0.2, 0.25) is 0 Å². The predicted octanol–water partition coefficient (Wildman–Crippen LogP) is 7.18. The van der Waals surface area contributed by atoms with Gasteiger partial charge in [-0.15, -0.1) is 11.8 Å². The maximum Gasteiger partial charge on any atom is 0.218 e. The second kappa shape index (κ2) is 13.5. The third-order valence-electron chi connectivity index (χ3n) is 6.89. The van der Waals surface area contributed by atoms with Crippen LogP contribution in [-0.2, 0) is 0 Å². The van der Waals surface area contributed by atoms with Crippen molar-refractivity contribution in [1.29, 1.82) is 0 Å². The number of anilines is 1. The summed E-state index contributed by atoms with van der Waals surface area (Å²) >= 11 is 1.86. The highest BCUT2D eigenvalue weighted by Crippen LogP contribution is 2.36. The van der Waals surface area contributed by atoms with Crippen molar-refractivity contribution in [3.8, 4) is 0 Å². The number of nitrogens with zero attached hydrogens (tertiary/aromatic N) is 2. The molecule has 0 amide bonds. The second-order valence-corrected chi connectivity index (χ2v) is 10.5. The van der Waals surface area contributed by atoms with Crippen LogP contribution in [0.3, 0.4) is 0 Å². The number of thioether (sulfide) groups is 1. The van der Waals surface area contributed by atoms with Crippen molar-refractivity contribution in [2.45, 2.75) is 56.5 Å². The minimum Gasteiger partial charge on any atom is -0.400 e. The number of benzene rings is 2. The number of aryl methyl sites for hydroxylation is 1. The van der Waals surface area contributed by atoms with Crippen LogP contribution >= 0.6 is 11.8 Å². The molecule has 2 aliphatic carbocycles. The van der Waals surface area contributed by atoms with Crippen LogP contribution in [0, 0.1) is 12.8 Å². The summed E-state index contributed by atoms with van der Waals surface area (Å²) < 4.78 is 1.93. The van der Waals surface area contributed by atoms with Gasteiger partial charge in [0, 0.05) is 30.7 Å². The molecule has 1 saturated carbocycles. The zero-order valence-electron chi connectivity index (χ0n) is 21.7. The van der Waals surface area contributed by atoms with Crippen molar-refractivity contribution in [3.05, 3.63) is 90.0 Å². The minimum absolute atomic E-state index is 0.434. The SMILES string of the molecule is C=[N+](C)c1ccccc1SC/C=C/C1=CCC(N(c2ccc(C)cc2)C2CCCC2C)C=C1.CO. The van der Waals surface area contributed by atoms with E-state index in [4.69, 9.17) is 5.11 Å². The van der Waals surface area contributed by atoms with Crippen molar-refractivity contribution < 1.29 is 9.68 Å². The van der Waals surface area contributed by atoms with Crippen LogP contribution < -0.4 is 4.90 Å². The fraction of sp³-hybridized carbons (Fsp3) is 0.387. The van der Waals surface area contributed by atoms with Gasteiger partial charge in [-0.2, -0.15) is 0 Å². The molecule has 0 spiro atoms. The molecule has 0 heterocycles. The maximum atomic E-state index is 7.00. The van der Waals surface area contributed by atoms with Crippen molar-refractivity contribution in [2.75, 3.05) is 24.8 Å². The summed E-state index contributed by atoms with van der Waals surface area (Å²) in [5.74, 6) is 1.70. The highest BCUT2D eigenvalue weighted by molar-refractivity contribution is 7.99. The number of hydrogen-bond acceptors (Lipinski definition) is 3. The van der Waals surface area contributed by atoms with Gasteiger partial charge in [0.25, 0.3) is 0 Å². The molecule has 4 heteroatoms. The first-order valence-corrected chi connectivity index (χ1v) is 13.6. The van der Waals surface area contributed by atoms with Gasteiger partial charge < -0.3 is 10.0 Å². The van der Waals surface area contributed by atoms with Gasteiger partial charge in [0.05, 0.1) is 10.9 Å². The Balaban J connectivity index is 0.00000167. The lowest BCUT2D eigenvalue weighted by Crippen LogP contribution is -2.44. The largest absolute Gasteiger partial charge is 0.400 e. The van der Waals surface area contributed by atoms with Gasteiger partial charge in [0.1, 0.15) is 13.8 Å². The number of aliphatic hydroxyl groups is 1. The lowest BCUT2D eigenvalue weighted by molar-refractivity contribution is -0.397. The second-order valence-electron chi connectivity index (χ2n) is 9.46. The van der Waals surface area contributed by atoms with Gasteiger partial charge in [0.2, 0.25) is 5.69 Å². The molecule has 35 heavy (non-hydrogen) atoms. The minimum atomic E-state index is 0.434. The summed E-state index contributed by atoms with van der Waals surface area (Å²) in [5, 5.41) is 7.00. The van der Waals surface area contributed by atoms with Crippen LogP contribution in [0.5, 0.6) is 0 Å². The Kier molecular flexibility index (Phi) is 10.4. The van der Waals surface area contributed by atoms with Crippen LogP contribution in [0.1, 0.15) is 38.2 Å². The topological polar surface area (TPSA) is 26.5 Å². The van der Waals surface area contributed by atoms with E-state index in [1.165, 1.54) is 46.7 Å². The molecule has 4 rings (SSSR count). The van der Waals surface area contributed by atoms with Crippen molar-refractivity contribution in [1.82, 2.24) is 0 Å². The Morgan fingerprint density at radius 3 is 2.49 bits per heavy atom. The van der Waals surface area contributed by atoms with Crippen molar-refractivity contribution >= 4 is 29.9 Å². The van der Waals surface area contributed by atoms with E-state index in [0.29, 0.717) is 12.1 Å². The van der Waals surface area contributed by atoms with Gasteiger partial charge >= 0.3 is 0 Å².